The van der Waals surface area contributed by atoms with Crippen molar-refractivity contribution in [3.8, 4) is 11.8 Å². The van der Waals surface area contributed by atoms with Gasteiger partial charge in [-0.15, -0.1) is 0 Å². The molecule has 1 N–H and O–H groups in total. The lowest BCUT2D eigenvalue weighted by Gasteiger charge is -2.14. The first kappa shape index (κ1) is 18.5. The number of nitrogens with one attached hydrogen (secondary N) is 1. The van der Waals surface area contributed by atoms with Crippen molar-refractivity contribution in [2.45, 2.75) is 13.0 Å². The van der Waals surface area contributed by atoms with Gasteiger partial charge < -0.3 is 14.8 Å². The van der Waals surface area contributed by atoms with Crippen LogP contribution in [0.3, 0.4) is 0 Å². The van der Waals surface area contributed by atoms with Crippen molar-refractivity contribution in [2.24, 2.45) is 0 Å². The normalized spacial score (nSPS) is 11.1. The van der Waals surface area contributed by atoms with Crippen molar-refractivity contribution in [1.82, 2.24) is 0 Å². The molecule has 0 aromatic heterocycles. The van der Waals surface area contributed by atoms with Gasteiger partial charge in [-0.3, -0.25) is 4.79 Å². The summed E-state index contributed by atoms with van der Waals surface area (Å²) in [6, 6.07) is 15.4. The van der Waals surface area contributed by atoms with Gasteiger partial charge in [-0.05, 0) is 49.4 Å². The highest BCUT2D eigenvalue weighted by Gasteiger charge is 2.18. The Kier molecular flexibility index (Phi) is 6.54. The highest BCUT2D eigenvalue weighted by Crippen LogP contribution is 2.17. The van der Waals surface area contributed by atoms with Crippen LogP contribution in [0.1, 0.15) is 12.5 Å². The van der Waals surface area contributed by atoms with Crippen LogP contribution in [0.15, 0.2) is 53.0 Å². The number of carbonyl (C=O) groups excluding carboxylic acids is 2. The maximum atomic E-state index is 11.9. The maximum Gasteiger partial charge on any atom is 0.347 e. The van der Waals surface area contributed by atoms with E-state index >= 15 is 0 Å². The number of hydrogen-bond donors (Lipinski definition) is 1. The molecule has 25 heavy (non-hydrogen) atoms. The van der Waals surface area contributed by atoms with E-state index in [4.69, 9.17) is 14.7 Å². The third-order valence-corrected chi connectivity index (χ3v) is 3.61. The van der Waals surface area contributed by atoms with Crippen LogP contribution in [0, 0.1) is 11.3 Å². The first-order valence-corrected chi connectivity index (χ1v) is 8.16. The van der Waals surface area contributed by atoms with Gasteiger partial charge in [0.2, 0.25) is 0 Å². The zero-order chi connectivity index (χ0) is 18.2. The Morgan fingerprint density at radius 2 is 1.96 bits per heavy atom. The van der Waals surface area contributed by atoms with Gasteiger partial charge in [-0.2, -0.15) is 5.26 Å². The molecule has 128 valence electrons. The molecule has 7 heteroatoms. The number of amides is 1. The fourth-order valence-corrected chi connectivity index (χ4v) is 2.15. The number of esters is 1. The minimum Gasteiger partial charge on any atom is -0.479 e. The molecule has 0 unspecified atom stereocenters. The van der Waals surface area contributed by atoms with Crippen molar-refractivity contribution in [3.63, 3.8) is 0 Å². The van der Waals surface area contributed by atoms with Gasteiger partial charge in [0.25, 0.3) is 5.91 Å². The van der Waals surface area contributed by atoms with Crippen LogP contribution in [0.4, 0.5) is 5.69 Å². The predicted octanol–water partition coefficient (Wildman–Crippen LogP) is 3.27. The van der Waals surface area contributed by atoms with Gasteiger partial charge in [0.1, 0.15) is 5.75 Å². The highest BCUT2D eigenvalue weighted by molar-refractivity contribution is 9.10. The summed E-state index contributed by atoms with van der Waals surface area (Å²) in [5, 5.41) is 11.4. The van der Waals surface area contributed by atoms with Gasteiger partial charge in [-0.1, -0.05) is 22.0 Å². The average Bonchev–Trinajstić information content (AvgIpc) is 2.61. The quantitative estimate of drug-likeness (QED) is 0.748. The second kappa shape index (κ2) is 8.85. The number of ether oxygens (including phenoxy) is 2. The Morgan fingerprint density at radius 3 is 2.64 bits per heavy atom. The number of carbonyl (C=O) groups is 2. The van der Waals surface area contributed by atoms with E-state index in [0.717, 1.165) is 4.47 Å². The van der Waals surface area contributed by atoms with Gasteiger partial charge >= 0.3 is 5.97 Å². The van der Waals surface area contributed by atoms with E-state index < -0.39 is 24.6 Å². The molecule has 0 aliphatic rings. The molecular weight excluding hydrogens is 388 g/mol. The zero-order valence-corrected chi connectivity index (χ0v) is 14.9. The number of benzene rings is 2. The average molecular weight is 403 g/mol. The van der Waals surface area contributed by atoms with E-state index in [0.29, 0.717) is 17.0 Å². The first-order chi connectivity index (χ1) is 12.0. The molecule has 2 rings (SSSR count). The summed E-state index contributed by atoms with van der Waals surface area (Å²) in [4.78, 5) is 23.7. The number of hydrogen-bond acceptors (Lipinski definition) is 5. The SMILES string of the molecule is C[C@@H](Oc1ccc(Br)cc1)C(=O)OCC(=O)Nc1cccc(C#N)c1. The van der Waals surface area contributed by atoms with Gasteiger partial charge in [0, 0.05) is 10.2 Å². The van der Waals surface area contributed by atoms with Gasteiger partial charge in [0.05, 0.1) is 11.6 Å². The molecule has 1 atom stereocenters. The zero-order valence-electron chi connectivity index (χ0n) is 13.4. The van der Waals surface area contributed by atoms with E-state index in [1.807, 2.05) is 6.07 Å². The van der Waals surface area contributed by atoms with Crippen molar-refractivity contribution >= 4 is 33.5 Å². The molecule has 0 spiro atoms. The summed E-state index contributed by atoms with van der Waals surface area (Å²) >= 11 is 3.31. The third kappa shape index (κ3) is 5.94. The first-order valence-electron chi connectivity index (χ1n) is 7.37. The van der Waals surface area contributed by atoms with Crippen molar-refractivity contribution < 1.29 is 19.1 Å². The lowest BCUT2D eigenvalue weighted by molar-refractivity contribution is -0.153. The molecular formula is C18H15BrN2O4. The van der Waals surface area contributed by atoms with Gasteiger partial charge in [-0.25, -0.2) is 4.79 Å². The Morgan fingerprint density at radius 1 is 1.24 bits per heavy atom. The summed E-state index contributed by atoms with van der Waals surface area (Å²) in [5.74, 6) is -0.631. The molecule has 0 saturated carbocycles. The fourth-order valence-electron chi connectivity index (χ4n) is 1.88. The minimum atomic E-state index is -0.851. The molecule has 0 saturated heterocycles. The van der Waals surface area contributed by atoms with Crippen molar-refractivity contribution in [2.75, 3.05) is 11.9 Å². The van der Waals surface area contributed by atoms with Crippen LogP contribution in [-0.4, -0.2) is 24.6 Å². The number of anilines is 1. The van der Waals surface area contributed by atoms with E-state index in [1.54, 1.807) is 49.4 Å². The lowest BCUT2D eigenvalue weighted by Crippen LogP contribution is -2.29. The maximum absolute atomic E-state index is 11.9. The van der Waals surface area contributed by atoms with Crippen LogP contribution in [0.5, 0.6) is 5.75 Å². The minimum absolute atomic E-state index is 0.423. The molecule has 2 aromatic carbocycles. The molecule has 0 aliphatic heterocycles. The van der Waals surface area contributed by atoms with Crippen LogP contribution in [0.25, 0.3) is 0 Å². The molecule has 0 aliphatic carbocycles. The third-order valence-electron chi connectivity index (χ3n) is 3.08. The number of rotatable bonds is 6. The monoisotopic (exact) mass is 402 g/mol. The Bertz CT molecular complexity index is 799. The molecule has 0 bridgehead atoms. The molecule has 1 amide bonds. The Balaban J connectivity index is 1.81. The molecule has 6 nitrogen and oxygen atoms in total. The summed E-state index contributed by atoms with van der Waals surface area (Å²) in [7, 11) is 0. The summed E-state index contributed by atoms with van der Waals surface area (Å²) in [6.07, 6.45) is -0.851. The number of nitriles is 1. The van der Waals surface area contributed by atoms with Crippen LogP contribution in [-0.2, 0) is 14.3 Å². The van der Waals surface area contributed by atoms with Crippen LogP contribution < -0.4 is 10.1 Å². The lowest BCUT2D eigenvalue weighted by atomic mass is 10.2. The Hall–Kier alpha value is -2.85. The molecule has 2 aromatic rings. The van der Waals surface area contributed by atoms with E-state index in [9.17, 15) is 9.59 Å². The summed E-state index contributed by atoms with van der Waals surface area (Å²) < 4.78 is 11.3. The largest absolute Gasteiger partial charge is 0.479 e. The van der Waals surface area contributed by atoms with Gasteiger partial charge in [0.15, 0.2) is 12.7 Å². The predicted molar refractivity (Wildman–Crippen MR) is 95.0 cm³/mol. The standard InChI is InChI=1S/C18H15BrN2O4/c1-12(25-16-7-5-14(19)6-8-16)18(23)24-11-17(22)21-15-4-2-3-13(9-15)10-20/h2-9,12H,11H2,1H3,(H,21,22)/t12-/m1/s1. The van der Waals surface area contributed by atoms with Crippen LogP contribution >= 0.6 is 15.9 Å². The summed E-state index contributed by atoms with van der Waals surface area (Å²) in [5.41, 5.74) is 0.880. The topological polar surface area (TPSA) is 88.4 Å². The van der Waals surface area contributed by atoms with E-state index in [2.05, 4.69) is 21.2 Å². The van der Waals surface area contributed by atoms with E-state index in [1.165, 1.54) is 6.07 Å². The van der Waals surface area contributed by atoms with Crippen molar-refractivity contribution in [1.29, 1.82) is 5.26 Å². The number of halogens is 1. The summed E-state index contributed by atoms with van der Waals surface area (Å²) in [6.45, 7) is 1.10. The van der Waals surface area contributed by atoms with E-state index in [-0.39, 0.29) is 0 Å². The van der Waals surface area contributed by atoms with Crippen molar-refractivity contribution in [3.05, 3.63) is 58.6 Å². The second-order valence-electron chi connectivity index (χ2n) is 5.06. The molecule has 0 radical (unpaired) electrons. The molecule has 0 heterocycles. The smallest absolute Gasteiger partial charge is 0.347 e. The Labute approximate surface area is 153 Å². The highest BCUT2D eigenvalue weighted by atomic mass is 79.9. The fraction of sp³-hybridized carbons (Fsp3) is 0.167. The molecule has 0 fully saturated rings. The van der Waals surface area contributed by atoms with Crippen LogP contribution in [0.2, 0.25) is 0 Å². The second-order valence-corrected chi connectivity index (χ2v) is 5.98. The number of nitrogens with zero attached hydrogens (tertiary/aromatic N) is 1.